The second-order valence-corrected chi connectivity index (χ2v) is 6.66. The molecule has 3 aromatic carbocycles. The molecule has 0 unspecified atom stereocenters. The first kappa shape index (κ1) is 20.2. The van der Waals surface area contributed by atoms with Crippen LogP contribution in [-0.4, -0.2) is 18.9 Å². The first-order valence-electron chi connectivity index (χ1n) is 9.14. The Balaban J connectivity index is 1.82. The van der Waals surface area contributed by atoms with Crippen molar-refractivity contribution in [2.75, 3.05) is 17.3 Å². The molecule has 8 heteroatoms. The van der Waals surface area contributed by atoms with Crippen molar-refractivity contribution in [1.29, 1.82) is 0 Å². The van der Waals surface area contributed by atoms with Crippen molar-refractivity contribution in [3.05, 3.63) is 95.4 Å². The van der Waals surface area contributed by atoms with Gasteiger partial charge in [-0.3, -0.25) is 9.59 Å². The molecule has 5 nitrogen and oxygen atoms in total. The van der Waals surface area contributed by atoms with Gasteiger partial charge in [-0.15, -0.1) is 0 Å². The van der Waals surface area contributed by atoms with E-state index in [0.29, 0.717) is 11.3 Å². The second-order valence-electron chi connectivity index (χ2n) is 6.66. The normalized spacial score (nSPS) is 13.7. The SMILES string of the molecule is COc1ccc(C2=C(Nc3ccc(F)c(F)c3)C(=O)N(c3cccc(F)c3)C2=O)cc1. The van der Waals surface area contributed by atoms with E-state index in [2.05, 4.69) is 5.32 Å². The van der Waals surface area contributed by atoms with Crippen LogP contribution in [0, 0.1) is 17.5 Å². The highest BCUT2D eigenvalue weighted by Gasteiger charge is 2.40. The van der Waals surface area contributed by atoms with Crippen LogP contribution in [0.15, 0.2) is 72.4 Å². The van der Waals surface area contributed by atoms with E-state index >= 15 is 0 Å². The highest BCUT2D eigenvalue weighted by Crippen LogP contribution is 2.34. The topological polar surface area (TPSA) is 58.6 Å². The molecule has 0 fully saturated rings. The number of methoxy groups -OCH3 is 1. The summed E-state index contributed by atoms with van der Waals surface area (Å²) in [6, 6.07) is 14.4. The van der Waals surface area contributed by atoms with Gasteiger partial charge in [0.1, 0.15) is 17.3 Å². The standard InChI is InChI=1S/C23H15F3N2O3/c1-31-17-8-5-13(6-9-17)20-21(27-15-7-10-18(25)19(26)12-15)23(30)28(22(20)29)16-4-2-3-14(24)11-16/h2-12,27H,1H3. The van der Waals surface area contributed by atoms with Crippen LogP contribution in [-0.2, 0) is 9.59 Å². The largest absolute Gasteiger partial charge is 0.497 e. The highest BCUT2D eigenvalue weighted by atomic mass is 19.2. The summed E-state index contributed by atoms with van der Waals surface area (Å²) in [4.78, 5) is 27.2. The molecule has 0 saturated carbocycles. The van der Waals surface area contributed by atoms with Crippen molar-refractivity contribution in [2.45, 2.75) is 0 Å². The Kier molecular flexibility index (Phi) is 5.21. The number of imide groups is 1. The number of benzene rings is 3. The van der Waals surface area contributed by atoms with E-state index in [4.69, 9.17) is 4.74 Å². The molecule has 31 heavy (non-hydrogen) atoms. The summed E-state index contributed by atoms with van der Waals surface area (Å²) in [6.07, 6.45) is 0. The average molecular weight is 424 g/mol. The fourth-order valence-electron chi connectivity index (χ4n) is 3.24. The van der Waals surface area contributed by atoms with Crippen LogP contribution in [0.3, 0.4) is 0 Å². The van der Waals surface area contributed by atoms with Gasteiger partial charge in [0.05, 0.1) is 18.4 Å². The first-order valence-corrected chi connectivity index (χ1v) is 9.14. The number of nitrogens with one attached hydrogen (secondary N) is 1. The third-order valence-corrected chi connectivity index (χ3v) is 4.72. The Labute approximate surface area is 175 Å². The average Bonchev–Trinajstić information content (AvgIpc) is 3.00. The van der Waals surface area contributed by atoms with Crippen molar-refractivity contribution in [3.63, 3.8) is 0 Å². The summed E-state index contributed by atoms with van der Waals surface area (Å²) in [6.45, 7) is 0. The third-order valence-electron chi connectivity index (χ3n) is 4.72. The Morgan fingerprint density at radius 3 is 2.23 bits per heavy atom. The molecule has 2 amide bonds. The molecule has 1 heterocycles. The summed E-state index contributed by atoms with van der Waals surface area (Å²) in [7, 11) is 1.49. The molecule has 1 aliphatic rings. The predicted molar refractivity (Wildman–Crippen MR) is 109 cm³/mol. The zero-order valence-electron chi connectivity index (χ0n) is 16.2. The fraction of sp³-hybridized carbons (Fsp3) is 0.0435. The number of amides is 2. The summed E-state index contributed by atoms with van der Waals surface area (Å²) in [5.74, 6) is -3.69. The molecule has 0 aromatic heterocycles. The first-order chi connectivity index (χ1) is 14.9. The van der Waals surface area contributed by atoms with Gasteiger partial charge in [-0.2, -0.15) is 0 Å². The minimum absolute atomic E-state index is 0.00153. The quantitative estimate of drug-likeness (QED) is 0.613. The molecular formula is C23H15F3N2O3. The summed E-state index contributed by atoms with van der Waals surface area (Å²) >= 11 is 0. The number of rotatable bonds is 5. The molecule has 4 rings (SSSR count). The van der Waals surface area contributed by atoms with E-state index in [1.54, 1.807) is 24.3 Å². The fourth-order valence-corrected chi connectivity index (χ4v) is 3.24. The van der Waals surface area contributed by atoms with Gasteiger partial charge in [-0.25, -0.2) is 18.1 Å². The van der Waals surface area contributed by atoms with E-state index in [1.165, 1.54) is 31.4 Å². The van der Waals surface area contributed by atoms with Gasteiger partial charge in [0.25, 0.3) is 11.8 Å². The van der Waals surface area contributed by atoms with Gasteiger partial charge >= 0.3 is 0 Å². The van der Waals surface area contributed by atoms with Crippen LogP contribution < -0.4 is 15.0 Å². The van der Waals surface area contributed by atoms with Crippen molar-refractivity contribution in [3.8, 4) is 5.75 Å². The number of hydrogen-bond acceptors (Lipinski definition) is 4. The maximum atomic E-state index is 13.7. The molecule has 156 valence electrons. The Hall–Kier alpha value is -4.07. The minimum Gasteiger partial charge on any atom is -0.497 e. The lowest BCUT2D eigenvalue weighted by molar-refractivity contribution is -0.120. The Morgan fingerprint density at radius 2 is 1.58 bits per heavy atom. The van der Waals surface area contributed by atoms with E-state index in [1.807, 2.05) is 0 Å². The number of ether oxygens (including phenoxy) is 1. The maximum Gasteiger partial charge on any atom is 0.282 e. The molecule has 1 N–H and O–H groups in total. The number of nitrogens with zero attached hydrogens (tertiary/aromatic N) is 1. The second kappa shape index (κ2) is 7.98. The Morgan fingerprint density at radius 1 is 0.839 bits per heavy atom. The van der Waals surface area contributed by atoms with Crippen LogP contribution in [0.5, 0.6) is 5.75 Å². The summed E-state index contributed by atoms with van der Waals surface area (Å²) < 4.78 is 45.8. The van der Waals surface area contributed by atoms with Crippen LogP contribution >= 0.6 is 0 Å². The lowest BCUT2D eigenvalue weighted by Crippen LogP contribution is -2.32. The molecular weight excluding hydrogens is 409 g/mol. The van der Waals surface area contributed by atoms with Crippen molar-refractivity contribution in [1.82, 2.24) is 0 Å². The predicted octanol–water partition coefficient (Wildman–Crippen LogP) is 4.51. The lowest BCUT2D eigenvalue weighted by atomic mass is 10.0. The number of halogens is 3. The van der Waals surface area contributed by atoms with Crippen molar-refractivity contribution in [2.24, 2.45) is 0 Å². The van der Waals surface area contributed by atoms with Gasteiger partial charge < -0.3 is 10.1 Å². The van der Waals surface area contributed by atoms with Crippen molar-refractivity contribution >= 4 is 28.8 Å². The zero-order chi connectivity index (χ0) is 22.1. The molecule has 0 aliphatic carbocycles. The van der Waals surface area contributed by atoms with Gasteiger partial charge in [-0.1, -0.05) is 18.2 Å². The molecule has 0 radical (unpaired) electrons. The van der Waals surface area contributed by atoms with Gasteiger partial charge in [0.2, 0.25) is 0 Å². The highest BCUT2D eigenvalue weighted by molar-refractivity contribution is 6.46. The minimum atomic E-state index is -1.12. The van der Waals surface area contributed by atoms with E-state index in [9.17, 15) is 22.8 Å². The third kappa shape index (κ3) is 3.75. The lowest BCUT2D eigenvalue weighted by Gasteiger charge is -2.15. The number of carbonyl (C=O) groups is 2. The smallest absolute Gasteiger partial charge is 0.282 e. The molecule has 1 aliphatic heterocycles. The zero-order valence-corrected chi connectivity index (χ0v) is 16.2. The van der Waals surface area contributed by atoms with Crippen molar-refractivity contribution < 1.29 is 27.5 Å². The monoisotopic (exact) mass is 424 g/mol. The van der Waals surface area contributed by atoms with Gasteiger partial charge in [-0.05, 0) is 48.0 Å². The molecule has 0 saturated heterocycles. The van der Waals surface area contributed by atoms with E-state index in [0.717, 1.165) is 23.1 Å². The van der Waals surface area contributed by atoms with Crippen LogP contribution in [0.4, 0.5) is 24.5 Å². The Bertz CT molecular complexity index is 1220. The summed E-state index contributed by atoms with van der Waals surface area (Å²) in [5, 5.41) is 2.72. The van der Waals surface area contributed by atoms with E-state index < -0.39 is 29.3 Å². The number of hydrogen-bond donors (Lipinski definition) is 1. The molecule has 3 aromatic rings. The number of carbonyl (C=O) groups excluding carboxylic acids is 2. The molecule has 0 spiro atoms. The van der Waals surface area contributed by atoms with Crippen LogP contribution in [0.2, 0.25) is 0 Å². The van der Waals surface area contributed by atoms with Gasteiger partial charge in [0, 0.05) is 11.8 Å². The van der Waals surface area contributed by atoms with Crippen LogP contribution in [0.1, 0.15) is 5.56 Å². The van der Waals surface area contributed by atoms with E-state index in [-0.39, 0.29) is 22.6 Å². The maximum absolute atomic E-state index is 13.7. The molecule has 0 bridgehead atoms. The number of anilines is 2. The molecule has 0 atom stereocenters. The van der Waals surface area contributed by atoms with Crippen LogP contribution in [0.25, 0.3) is 5.57 Å². The summed E-state index contributed by atoms with van der Waals surface area (Å²) in [5.41, 5.74) is 0.362. The van der Waals surface area contributed by atoms with Gasteiger partial charge in [0.15, 0.2) is 11.6 Å².